The van der Waals surface area contributed by atoms with E-state index in [1.54, 1.807) is 12.3 Å². The van der Waals surface area contributed by atoms with Gasteiger partial charge in [-0.3, -0.25) is 4.99 Å². The van der Waals surface area contributed by atoms with E-state index in [0.717, 1.165) is 16.8 Å². The highest BCUT2D eigenvalue weighted by Gasteiger charge is 2.29. The number of hydrogen-bond acceptors (Lipinski definition) is 3. The second-order valence-corrected chi connectivity index (χ2v) is 7.97. The van der Waals surface area contributed by atoms with Crippen LogP contribution in [-0.2, 0) is 0 Å². The number of fused-ring (bicyclic) bond motifs is 1. The molecule has 0 bridgehead atoms. The fourth-order valence-corrected chi connectivity index (χ4v) is 3.59. The molecule has 4 nitrogen and oxygen atoms in total. The van der Waals surface area contributed by atoms with Crippen LogP contribution in [0.15, 0.2) is 41.4 Å². The summed E-state index contributed by atoms with van der Waals surface area (Å²) in [5, 5.41) is 9.95. The Morgan fingerprint density at radius 3 is 2.56 bits per heavy atom. The maximum Gasteiger partial charge on any atom is 0.337 e. The van der Waals surface area contributed by atoms with Gasteiger partial charge < -0.3 is 10.0 Å². The van der Waals surface area contributed by atoms with Crippen LogP contribution in [0.3, 0.4) is 0 Å². The van der Waals surface area contributed by atoms with Gasteiger partial charge in [-0.2, -0.15) is 0 Å². The molecule has 0 amide bonds. The molecule has 1 heterocycles. The van der Waals surface area contributed by atoms with Crippen LogP contribution in [0.2, 0.25) is 10.0 Å². The quantitative estimate of drug-likeness (QED) is 0.633. The Kier molecular flexibility index (Phi) is 5.06. The summed E-state index contributed by atoms with van der Waals surface area (Å²) in [6.07, 6.45) is 3.87. The monoisotopic (exact) mass is 402 g/mol. The lowest BCUT2D eigenvalue weighted by atomic mass is 9.88. The largest absolute Gasteiger partial charge is 0.478 e. The summed E-state index contributed by atoms with van der Waals surface area (Å²) in [5.41, 5.74) is 4.54. The van der Waals surface area contributed by atoms with E-state index in [2.05, 4.69) is 36.7 Å². The van der Waals surface area contributed by atoms with Crippen molar-refractivity contribution < 1.29 is 9.90 Å². The second-order valence-electron chi connectivity index (χ2n) is 7.16. The van der Waals surface area contributed by atoms with Crippen molar-refractivity contribution in [2.75, 3.05) is 11.9 Å². The zero-order chi connectivity index (χ0) is 19.9. The van der Waals surface area contributed by atoms with Crippen molar-refractivity contribution in [3.8, 4) is 0 Å². The Morgan fingerprint density at radius 2 is 1.89 bits per heavy atom. The van der Waals surface area contributed by atoms with Gasteiger partial charge in [-0.1, -0.05) is 29.3 Å². The van der Waals surface area contributed by atoms with E-state index >= 15 is 0 Å². The average molecular weight is 403 g/mol. The highest BCUT2D eigenvalue weighted by Crippen LogP contribution is 2.40. The number of allylic oxidation sites excluding steroid dienone is 1. The number of aliphatic imine (C=N–C) groups is 1. The predicted octanol–water partition coefficient (Wildman–Crippen LogP) is 6.07. The molecule has 2 aromatic carbocycles. The van der Waals surface area contributed by atoms with Crippen molar-refractivity contribution in [3.05, 3.63) is 63.1 Å². The second kappa shape index (κ2) is 7.02. The number of nitrogens with zero attached hydrogens (tertiary/aromatic N) is 2. The summed E-state index contributed by atoms with van der Waals surface area (Å²) in [5.74, 6) is -1.09. The van der Waals surface area contributed by atoms with Gasteiger partial charge in [0.2, 0.25) is 0 Å². The summed E-state index contributed by atoms with van der Waals surface area (Å²) in [6, 6.07) is 8.58. The first-order valence-electron chi connectivity index (χ1n) is 8.44. The summed E-state index contributed by atoms with van der Waals surface area (Å²) in [7, 11) is 2.05. The van der Waals surface area contributed by atoms with Crippen LogP contribution in [0.1, 0.15) is 42.3 Å². The SMILES string of the molecule is CC1=CC(C)(C)N(C)c2cc(Cl)c(C=Nc3ccc(Cl)c(C(=O)O)c3)cc21. The summed E-state index contributed by atoms with van der Waals surface area (Å²) in [6.45, 7) is 6.40. The fraction of sp³-hybridized carbons (Fsp3) is 0.238. The molecule has 2 aromatic rings. The first-order valence-corrected chi connectivity index (χ1v) is 9.20. The van der Waals surface area contributed by atoms with Crippen LogP contribution in [0.5, 0.6) is 0 Å². The van der Waals surface area contributed by atoms with Gasteiger partial charge in [0.15, 0.2) is 0 Å². The molecule has 0 radical (unpaired) electrons. The molecule has 1 N–H and O–H groups in total. The third kappa shape index (κ3) is 3.73. The molecule has 1 aliphatic heterocycles. The highest BCUT2D eigenvalue weighted by atomic mass is 35.5. The van der Waals surface area contributed by atoms with E-state index in [1.807, 2.05) is 19.2 Å². The number of aromatic carboxylic acids is 1. The van der Waals surface area contributed by atoms with E-state index in [1.165, 1.54) is 17.7 Å². The molecule has 140 valence electrons. The van der Waals surface area contributed by atoms with Gasteiger partial charge in [-0.15, -0.1) is 0 Å². The van der Waals surface area contributed by atoms with E-state index < -0.39 is 5.97 Å². The van der Waals surface area contributed by atoms with Crippen LogP contribution in [0.4, 0.5) is 11.4 Å². The minimum Gasteiger partial charge on any atom is -0.478 e. The number of anilines is 1. The topological polar surface area (TPSA) is 52.9 Å². The lowest BCUT2D eigenvalue weighted by Gasteiger charge is -2.40. The van der Waals surface area contributed by atoms with Crippen molar-refractivity contribution in [3.63, 3.8) is 0 Å². The molecule has 0 spiro atoms. The van der Waals surface area contributed by atoms with Crippen molar-refractivity contribution in [1.82, 2.24) is 0 Å². The van der Waals surface area contributed by atoms with Gasteiger partial charge in [0.1, 0.15) is 0 Å². The average Bonchev–Trinajstić information content (AvgIpc) is 2.59. The fourth-order valence-electron chi connectivity index (χ4n) is 3.19. The minimum atomic E-state index is -1.09. The Morgan fingerprint density at radius 1 is 1.19 bits per heavy atom. The molecule has 0 aliphatic carbocycles. The molecule has 0 saturated heterocycles. The molecule has 0 aromatic heterocycles. The minimum absolute atomic E-state index is 0.0190. The van der Waals surface area contributed by atoms with Crippen LogP contribution in [0, 0.1) is 0 Å². The summed E-state index contributed by atoms with van der Waals surface area (Å²) < 4.78 is 0. The van der Waals surface area contributed by atoms with E-state index in [9.17, 15) is 9.90 Å². The normalized spacial score (nSPS) is 15.6. The highest BCUT2D eigenvalue weighted by molar-refractivity contribution is 6.34. The molecule has 0 fully saturated rings. The molecule has 0 atom stereocenters. The number of rotatable bonds is 3. The Balaban J connectivity index is 2.00. The zero-order valence-electron chi connectivity index (χ0n) is 15.5. The van der Waals surface area contributed by atoms with Crippen molar-refractivity contribution in [2.24, 2.45) is 4.99 Å². The van der Waals surface area contributed by atoms with Gasteiger partial charge in [0.25, 0.3) is 0 Å². The Bertz CT molecular complexity index is 994. The third-order valence-corrected chi connectivity index (χ3v) is 5.53. The lowest BCUT2D eigenvalue weighted by molar-refractivity contribution is 0.0697. The molecule has 3 rings (SSSR count). The Labute approximate surface area is 168 Å². The number of likely N-dealkylation sites (N-methyl/N-ethyl adjacent to an activating group) is 1. The number of carboxylic acid groups (broad SMARTS) is 1. The zero-order valence-corrected chi connectivity index (χ0v) is 17.1. The number of benzene rings is 2. The van der Waals surface area contributed by atoms with Crippen LogP contribution >= 0.6 is 23.2 Å². The molecule has 27 heavy (non-hydrogen) atoms. The molecular weight excluding hydrogens is 383 g/mol. The van der Waals surface area contributed by atoms with Crippen LogP contribution < -0.4 is 4.90 Å². The van der Waals surface area contributed by atoms with E-state index in [4.69, 9.17) is 23.2 Å². The van der Waals surface area contributed by atoms with E-state index in [0.29, 0.717) is 10.7 Å². The van der Waals surface area contributed by atoms with Gasteiger partial charge >= 0.3 is 5.97 Å². The maximum atomic E-state index is 11.2. The van der Waals surface area contributed by atoms with Gasteiger partial charge in [-0.05, 0) is 56.7 Å². The third-order valence-electron chi connectivity index (χ3n) is 4.87. The number of carboxylic acids is 1. The van der Waals surface area contributed by atoms with Gasteiger partial charge in [-0.25, -0.2) is 4.79 Å². The molecule has 0 saturated carbocycles. The lowest BCUT2D eigenvalue weighted by Crippen LogP contribution is -2.42. The maximum absolute atomic E-state index is 11.2. The smallest absolute Gasteiger partial charge is 0.337 e. The first-order chi connectivity index (χ1) is 12.6. The van der Waals surface area contributed by atoms with Crippen LogP contribution in [-0.4, -0.2) is 29.9 Å². The molecule has 0 unspecified atom stereocenters. The van der Waals surface area contributed by atoms with Gasteiger partial charge in [0.05, 0.1) is 26.8 Å². The molecule has 6 heteroatoms. The standard InChI is InChI=1S/C21H20Cl2N2O2/c1-12-10-21(2,3)25(4)19-9-18(23)13(7-15(12)19)11-24-14-5-6-17(22)16(8-14)20(26)27/h5-11H,1-4H3,(H,26,27). The number of halogens is 2. The van der Waals surface area contributed by atoms with E-state index in [-0.39, 0.29) is 16.1 Å². The van der Waals surface area contributed by atoms with Crippen molar-refractivity contribution in [1.29, 1.82) is 0 Å². The van der Waals surface area contributed by atoms with Crippen molar-refractivity contribution >= 4 is 52.3 Å². The summed E-state index contributed by atoms with van der Waals surface area (Å²) in [4.78, 5) is 17.8. The number of hydrogen-bond donors (Lipinski definition) is 1. The van der Waals surface area contributed by atoms with Gasteiger partial charge in [0, 0.05) is 30.1 Å². The predicted molar refractivity (Wildman–Crippen MR) is 113 cm³/mol. The molecule has 1 aliphatic rings. The summed E-state index contributed by atoms with van der Waals surface area (Å²) >= 11 is 12.4. The first kappa shape index (κ1) is 19.5. The molecular formula is C21H20Cl2N2O2. The van der Waals surface area contributed by atoms with Crippen LogP contribution in [0.25, 0.3) is 5.57 Å². The van der Waals surface area contributed by atoms with Crippen molar-refractivity contribution in [2.45, 2.75) is 26.3 Å². The Hall–Kier alpha value is -2.30. The number of carbonyl (C=O) groups is 1.